The number of para-hydroxylation sites is 1. The van der Waals surface area contributed by atoms with E-state index in [2.05, 4.69) is 14.9 Å². The number of aryl methyl sites for hydroxylation is 1. The summed E-state index contributed by atoms with van der Waals surface area (Å²) in [5, 5.41) is 0.912. The molecular formula is C16H16N4O2S. The van der Waals surface area contributed by atoms with Gasteiger partial charge in [-0.05, 0) is 19.1 Å². The predicted molar refractivity (Wildman–Crippen MR) is 90.5 cm³/mol. The second-order valence-electron chi connectivity index (χ2n) is 5.55. The predicted octanol–water partition coefficient (Wildman–Crippen LogP) is 2.26. The summed E-state index contributed by atoms with van der Waals surface area (Å²) in [4.78, 5) is 26.3. The summed E-state index contributed by atoms with van der Waals surface area (Å²) in [5.74, 6) is 1.45. The quantitative estimate of drug-likeness (QED) is 0.781. The van der Waals surface area contributed by atoms with Crippen molar-refractivity contribution in [1.29, 1.82) is 0 Å². The SMILES string of the molecule is COc1cccc2sc(N3CCc4nc(C)[nH]c(=O)c4C3)nc12. The summed E-state index contributed by atoms with van der Waals surface area (Å²) in [7, 11) is 1.65. The smallest absolute Gasteiger partial charge is 0.256 e. The van der Waals surface area contributed by atoms with Crippen molar-refractivity contribution in [1.82, 2.24) is 15.0 Å². The molecule has 2 aromatic heterocycles. The average molecular weight is 328 g/mol. The summed E-state index contributed by atoms with van der Waals surface area (Å²) >= 11 is 1.62. The number of aromatic amines is 1. The maximum atomic E-state index is 12.2. The van der Waals surface area contributed by atoms with Crippen LogP contribution >= 0.6 is 11.3 Å². The van der Waals surface area contributed by atoms with Crippen molar-refractivity contribution in [3.05, 3.63) is 45.6 Å². The first kappa shape index (κ1) is 14.2. The van der Waals surface area contributed by atoms with Gasteiger partial charge in [-0.1, -0.05) is 17.4 Å². The van der Waals surface area contributed by atoms with Gasteiger partial charge >= 0.3 is 0 Å². The Morgan fingerprint density at radius 3 is 3.04 bits per heavy atom. The highest BCUT2D eigenvalue weighted by Gasteiger charge is 2.23. The number of ether oxygens (including phenoxy) is 1. The number of rotatable bonds is 2. The van der Waals surface area contributed by atoms with E-state index in [9.17, 15) is 4.79 Å². The largest absolute Gasteiger partial charge is 0.494 e. The molecule has 0 bridgehead atoms. The van der Waals surface area contributed by atoms with Crippen molar-refractivity contribution in [2.24, 2.45) is 0 Å². The second kappa shape index (κ2) is 5.34. The highest BCUT2D eigenvalue weighted by molar-refractivity contribution is 7.22. The number of anilines is 1. The molecule has 1 aliphatic heterocycles. The summed E-state index contributed by atoms with van der Waals surface area (Å²) < 4.78 is 6.46. The fourth-order valence-electron chi connectivity index (χ4n) is 2.92. The Bertz CT molecular complexity index is 947. The molecule has 1 aliphatic rings. The van der Waals surface area contributed by atoms with Crippen LogP contribution in [0, 0.1) is 6.92 Å². The van der Waals surface area contributed by atoms with E-state index in [-0.39, 0.29) is 5.56 Å². The Morgan fingerprint density at radius 2 is 2.22 bits per heavy atom. The van der Waals surface area contributed by atoms with Crippen LogP contribution in [0.5, 0.6) is 5.75 Å². The molecule has 3 heterocycles. The molecule has 0 saturated carbocycles. The minimum atomic E-state index is -0.0455. The van der Waals surface area contributed by atoms with Gasteiger partial charge in [0.25, 0.3) is 5.56 Å². The van der Waals surface area contributed by atoms with E-state index in [1.165, 1.54) is 0 Å². The fraction of sp³-hybridized carbons (Fsp3) is 0.312. The molecular weight excluding hydrogens is 312 g/mol. The molecule has 3 aromatic rings. The zero-order valence-electron chi connectivity index (χ0n) is 12.9. The molecule has 0 fully saturated rings. The molecule has 0 radical (unpaired) electrons. The number of methoxy groups -OCH3 is 1. The lowest BCUT2D eigenvalue weighted by Crippen LogP contribution is -2.35. The van der Waals surface area contributed by atoms with Crippen molar-refractivity contribution in [3.8, 4) is 5.75 Å². The van der Waals surface area contributed by atoms with Crippen LogP contribution in [0.15, 0.2) is 23.0 Å². The third-order valence-corrected chi connectivity index (χ3v) is 5.13. The fourth-order valence-corrected chi connectivity index (χ4v) is 3.93. The Kier molecular flexibility index (Phi) is 3.30. The molecule has 0 spiro atoms. The topological polar surface area (TPSA) is 71.1 Å². The van der Waals surface area contributed by atoms with E-state index in [1.54, 1.807) is 18.4 Å². The van der Waals surface area contributed by atoms with Crippen molar-refractivity contribution in [2.45, 2.75) is 19.9 Å². The van der Waals surface area contributed by atoms with Crippen LogP contribution in [0.25, 0.3) is 10.2 Å². The summed E-state index contributed by atoms with van der Waals surface area (Å²) in [5.41, 5.74) is 2.47. The maximum Gasteiger partial charge on any atom is 0.256 e. The summed E-state index contributed by atoms with van der Waals surface area (Å²) in [6.45, 7) is 3.17. The lowest BCUT2D eigenvalue weighted by Gasteiger charge is -2.27. The Labute approximate surface area is 136 Å². The minimum Gasteiger partial charge on any atom is -0.494 e. The lowest BCUT2D eigenvalue weighted by molar-refractivity contribution is 0.419. The van der Waals surface area contributed by atoms with E-state index in [1.807, 2.05) is 25.1 Å². The first-order valence-electron chi connectivity index (χ1n) is 7.43. The average Bonchev–Trinajstić information content (AvgIpc) is 2.98. The van der Waals surface area contributed by atoms with Gasteiger partial charge in [-0.15, -0.1) is 0 Å². The van der Waals surface area contributed by atoms with E-state index >= 15 is 0 Å². The Morgan fingerprint density at radius 1 is 1.35 bits per heavy atom. The monoisotopic (exact) mass is 328 g/mol. The number of H-pyrrole nitrogens is 1. The summed E-state index contributed by atoms with van der Waals surface area (Å²) in [6.07, 6.45) is 0.757. The van der Waals surface area contributed by atoms with Gasteiger partial charge in [0.05, 0.1) is 29.6 Å². The number of hydrogen-bond acceptors (Lipinski definition) is 6. The lowest BCUT2D eigenvalue weighted by atomic mass is 10.1. The molecule has 118 valence electrons. The van der Waals surface area contributed by atoms with Gasteiger partial charge in [-0.25, -0.2) is 9.97 Å². The van der Waals surface area contributed by atoms with Crippen LogP contribution in [0.1, 0.15) is 17.1 Å². The molecule has 0 amide bonds. The van der Waals surface area contributed by atoms with Crippen molar-refractivity contribution >= 4 is 26.7 Å². The normalized spacial score (nSPS) is 14.1. The van der Waals surface area contributed by atoms with Gasteiger partial charge in [0.15, 0.2) is 5.13 Å². The number of thiazole rings is 1. The Balaban J connectivity index is 1.74. The molecule has 0 atom stereocenters. The number of nitrogens with one attached hydrogen (secondary N) is 1. The molecule has 6 nitrogen and oxygen atoms in total. The first-order chi connectivity index (χ1) is 11.2. The number of benzene rings is 1. The van der Waals surface area contributed by atoms with Crippen LogP contribution in [0.3, 0.4) is 0 Å². The molecule has 7 heteroatoms. The van der Waals surface area contributed by atoms with E-state index in [4.69, 9.17) is 9.72 Å². The second-order valence-corrected chi connectivity index (χ2v) is 6.56. The third kappa shape index (κ3) is 2.37. The molecule has 1 aromatic carbocycles. The van der Waals surface area contributed by atoms with Gasteiger partial charge in [-0.2, -0.15) is 0 Å². The minimum absolute atomic E-state index is 0.0455. The zero-order valence-corrected chi connectivity index (χ0v) is 13.7. The van der Waals surface area contributed by atoms with Gasteiger partial charge < -0.3 is 14.6 Å². The van der Waals surface area contributed by atoms with Crippen molar-refractivity contribution in [3.63, 3.8) is 0 Å². The molecule has 0 aliphatic carbocycles. The van der Waals surface area contributed by atoms with Crippen molar-refractivity contribution < 1.29 is 4.74 Å². The van der Waals surface area contributed by atoms with Gasteiger partial charge in [0.2, 0.25) is 0 Å². The summed E-state index contributed by atoms with van der Waals surface area (Å²) in [6, 6.07) is 5.91. The van der Waals surface area contributed by atoms with Crippen LogP contribution in [-0.4, -0.2) is 28.6 Å². The van der Waals surface area contributed by atoms with Crippen LogP contribution < -0.4 is 15.2 Å². The van der Waals surface area contributed by atoms with E-state index in [0.29, 0.717) is 12.4 Å². The van der Waals surface area contributed by atoms with Crippen LogP contribution in [-0.2, 0) is 13.0 Å². The molecule has 1 N–H and O–H groups in total. The van der Waals surface area contributed by atoms with Crippen LogP contribution in [0.4, 0.5) is 5.13 Å². The first-order valence-corrected chi connectivity index (χ1v) is 8.24. The number of fused-ring (bicyclic) bond motifs is 2. The molecule has 0 saturated heterocycles. The number of aromatic nitrogens is 3. The molecule has 23 heavy (non-hydrogen) atoms. The highest BCUT2D eigenvalue weighted by Crippen LogP contribution is 2.35. The highest BCUT2D eigenvalue weighted by atomic mass is 32.1. The third-order valence-electron chi connectivity index (χ3n) is 4.05. The molecule has 4 rings (SSSR count). The van der Waals surface area contributed by atoms with E-state index in [0.717, 1.165) is 45.3 Å². The number of hydrogen-bond donors (Lipinski definition) is 1. The van der Waals surface area contributed by atoms with Gasteiger partial charge in [-0.3, -0.25) is 4.79 Å². The van der Waals surface area contributed by atoms with Gasteiger partial charge in [0.1, 0.15) is 17.1 Å². The van der Waals surface area contributed by atoms with Crippen LogP contribution in [0.2, 0.25) is 0 Å². The number of nitrogens with zero attached hydrogens (tertiary/aromatic N) is 3. The van der Waals surface area contributed by atoms with Crippen molar-refractivity contribution in [2.75, 3.05) is 18.6 Å². The zero-order chi connectivity index (χ0) is 16.0. The van der Waals surface area contributed by atoms with Gasteiger partial charge in [0, 0.05) is 13.0 Å². The standard InChI is InChI=1S/C16H16N4O2S/c1-9-17-11-6-7-20(8-10(11)15(21)18-9)16-19-14-12(22-2)4-3-5-13(14)23-16/h3-5H,6-8H2,1-2H3,(H,17,18,21). The maximum absolute atomic E-state index is 12.2. The van der Waals surface area contributed by atoms with E-state index < -0.39 is 0 Å². The molecule has 0 unspecified atom stereocenters. The Hall–Kier alpha value is -2.41.